The Morgan fingerprint density at radius 2 is 2.43 bits per heavy atom. The fourth-order valence-electron chi connectivity index (χ4n) is 1.16. The Morgan fingerprint density at radius 1 is 1.64 bits per heavy atom. The molecule has 1 unspecified atom stereocenters. The second-order valence-corrected chi connectivity index (χ2v) is 3.53. The molecule has 0 aliphatic rings. The van der Waals surface area contributed by atoms with Crippen molar-refractivity contribution in [2.75, 3.05) is 6.61 Å². The molecule has 1 rings (SSSR count). The van der Waals surface area contributed by atoms with Gasteiger partial charge in [0.05, 0.1) is 19.3 Å². The van der Waals surface area contributed by atoms with Crippen LogP contribution in [0.25, 0.3) is 0 Å². The second-order valence-electron chi connectivity index (χ2n) is 3.53. The number of aliphatic hydroxyl groups excluding tert-OH is 1. The monoisotopic (exact) mass is 197 g/mol. The van der Waals surface area contributed by atoms with Crippen LogP contribution in [0, 0.1) is 0 Å². The number of nitrogens with one attached hydrogen (secondary N) is 1. The minimum absolute atomic E-state index is 0.139. The van der Waals surface area contributed by atoms with Crippen molar-refractivity contribution < 1.29 is 5.11 Å². The van der Waals surface area contributed by atoms with Crippen LogP contribution < -0.4 is 5.32 Å². The fraction of sp³-hybridized carbons (Fsp3) is 0.700. The summed E-state index contributed by atoms with van der Waals surface area (Å²) >= 11 is 0. The van der Waals surface area contributed by atoms with Gasteiger partial charge in [-0.05, 0) is 13.3 Å². The third-order valence-electron chi connectivity index (χ3n) is 2.28. The van der Waals surface area contributed by atoms with Gasteiger partial charge < -0.3 is 10.4 Å². The lowest BCUT2D eigenvalue weighted by molar-refractivity contribution is 0.269. The molecule has 0 radical (unpaired) electrons. The van der Waals surface area contributed by atoms with E-state index in [4.69, 9.17) is 5.11 Å². The molecule has 0 saturated heterocycles. The minimum atomic E-state index is 0.139. The van der Waals surface area contributed by atoms with E-state index in [2.05, 4.69) is 24.3 Å². The molecular weight excluding hydrogens is 178 g/mol. The molecule has 0 spiro atoms. The van der Waals surface area contributed by atoms with E-state index in [1.165, 1.54) is 5.56 Å². The van der Waals surface area contributed by atoms with Gasteiger partial charge in [0.1, 0.15) is 0 Å². The molecule has 1 heterocycles. The summed E-state index contributed by atoms with van der Waals surface area (Å²) in [6.07, 6.45) is 4.93. The van der Waals surface area contributed by atoms with Crippen molar-refractivity contribution in [2.24, 2.45) is 0 Å². The van der Waals surface area contributed by atoms with Crippen molar-refractivity contribution >= 4 is 0 Å². The van der Waals surface area contributed by atoms with Crippen LogP contribution in [0.15, 0.2) is 12.4 Å². The average molecular weight is 197 g/mol. The van der Waals surface area contributed by atoms with Crippen LogP contribution in [0.2, 0.25) is 0 Å². The fourth-order valence-corrected chi connectivity index (χ4v) is 1.16. The van der Waals surface area contributed by atoms with Gasteiger partial charge in [0.25, 0.3) is 0 Å². The maximum atomic E-state index is 8.71. The maximum absolute atomic E-state index is 8.71. The van der Waals surface area contributed by atoms with Crippen LogP contribution in [-0.2, 0) is 13.1 Å². The Balaban J connectivity index is 2.35. The Hall–Kier alpha value is -0.870. The molecule has 4 heteroatoms. The highest BCUT2D eigenvalue weighted by Gasteiger charge is 2.00. The zero-order valence-electron chi connectivity index (χ0n) is 8.90. The summed E-state index contributed by atoms with van der Waals surface area (Å²) in [5.41, 5.74) is 1.17. The highest BCUT2D eigenvalue weighted by atomic mass is 16.3. The smallest absolute Gasteiger partial charge is 0.0640 e. The normalized spacial score (nSPS) is 13.1. The van der Waals surface area contributed by atoms with E-state index >= 15 is 0 Å². The van der Waals surface area contributed by atoms with Crippen LogP contribution in [0.1, 0.15) is 25.8 Å². The number of hydrogen-bond donors (Lipinski definition) is 2. The molecule has 1 aromatic rings. The first kappa shape index (κ1) is 11.2. The molecule has 0 bridgehead atoms. The van der Waals surface area contributed by atoms with Gasteiger partial charge in [-0.3, -0.25) is 4.68 Å². The van der Waals surface area contributed by atoms with E-state index in [-0.39, 0.29) is 6.61 Å². The average Bonchev–Trinajstić information content (AvgIpc) is 2.63. The summed E-state index contributed by atoms with van der Waals surface area (Å²) in [6, 6.07) is 0.538. The van der Waals surface area contributed by atoms with E-state index in [0.29, 0.717) is 12.6 Å². The van der Waals surface area contributed by atoms with E-state index in [0.717, 1.165) is 13.0 Å². The number of nitrogens with zero attached hydrogens (tertiary/aromatic N) is 2. The number of rotatable bonds is 6. The zero-order valence-corrected chi connectivity index (χ0v) is 8.90. The van der Waals surface area contributed by atoms with Gasteiger partial charge in [-0.15, -0.1) is 0 Å². The molecular formula is C10H19N3O. The predicted molar refractivity (Wildman–Crippen MR) is 55.9 cm³/mol. The van der Waals surface area contributed by atoms with Crippen molar-refractivity contribution in [1.82, 2.24) is 15.1 Å². The molecule has 0 aliphatic carbocycles. The summed E-state index contributed by atoms with van der Waals surface area (Å²) < 4.78 is 1.76. The first-order valence-corrected chi connectivity index (χ1v) is 5.11. The SMILES string of the molecule is CCC(C)NCc1cnn(CCO)c1. The molecule has 80 valence electrons. The molecule has 1 aromatic heterocycles. The van der Waals surface area contributed by atoms with Crippen LogP contribution in [0.3, 0.4) is 0 Å². The predicted octanol–water partition coefficient (Wildman–Crippen LogP) is 0.763. The number of aromatic nitrogens is 2. The van der Waals surface area contributed by atoms with E-state index in [9.17, 15) is 0 Å². The molecule has 2 N–H and O–H groups in total. The molecule has 0 amide bonds. The minimum Gasteiger partial charge on any atom is -0.394 e. The summed E-state index contributed by atoms with van der Waals surface area (Å²) in [7, 11) is 0. The zero-order chi connectivity index (χ0) is 10.4. The highest BCUT2D eigenvalue weighted by Crippen LogP contribution is 1.98. The Bertz CT molecular complexity index is 260. The van der Waals surface area contributed by atoms with Gasteiger partial charge in [-0.25, -0.2) is 0 Å². The van der Waals surface area contributed by atoms with Crippen molar-refractivity contribution in [2.45, 2.75) is 39.4 Å². The molecule has 0 aromatic carbocycles. The Kier molecular flexibility index (Phi) is 4.62. The lowest BCUT2D eigenvalue weighted by atomic mass is 10.2. The lowest BCUT2D eigenvalue weighted by Gasteiger charge is -2.09. The first-order valence-electron chi connectivity index (χ1n) is 5.11. The van der Waals surface area contributed by atoms with Crippen molar-refractivity contribution in [3.63, 3.8) is 0 Å². The standard InChI is InChI=1S/C10H19N3O/c1-3-9(2)11-6-10-7-12-13(8-10)4-5-14/h7-9,11,14H,3-6H2,1-2H3. The molecule has 0 aliphatic heterocycles. The Labute approximate surface area is 84.9 Å². The van der Waals surface area contributed by atoms with Crippen LogP contribution in [0.4, 0.5) is 0 Å². The van der Waals surface area contributed by atoms with Crippen LogP contribution in [-0.4, -0.2) is 27.5 Å². The van der Waals surface area contributed by atoms with Crippen molar-refractivity contribution in [1.29, 1.82) is 0 Å². The van der Waals surface area contributed by atoms with Gasteiger partial charge in [0.15, 0.2) is 0 Å². The lowest BCUT2D eigenvalue weighted by Crippen LogP contribution is -2.24. The molecule has 0 saturated carbocycles. The molecule has 0 fully saturated rings. The molecule has 14 heavy (non-hydrogen) atoms. The summed E-state index contributed by atoms with van der Waals surface area (Å²) in [4.78, 5) is 0. The third-order valence-corrected chi connectivity index (χ3v) is 2.28. The van der Waals surface area contributed by atoms with Gasteiger partial charge in [-0.2, -0.15) is 5.10 Å². The van der Waals surface area contributed by atoms with Crippen molar-refractivity contribution in [3.05, 3.63) is 18.0 Å². The summed E-state index contributed by atoms with van der Waals surface area (Å²) in [5.74, 6) is 0. The first-order chi connectivity index (χ1) is 6.76. The van der Waals surface area contributed by atoms with E-state index in [1.54, 1.807) is 4.68 Å². The van der Waals surface area contributed by atoms with Gasteiger partial charge >= 0.3 is 0 Å². The van der Waals surface area contributed by atoms with E-state index < -0.39 is 0 Å². The highest BCUT2D eigenvalue weighted by molar-refractivity contribution is 5.03. The molecule has 4 nitrogen and oxygen atoms in total. The summed E-state index contributed by atoms with van der Waals surface area (Å²) in [6.45, 7) is 5.88. The third kappa shape index (κ3) is 3.47. The van der Waals surface area contributed by atoms with E-state index in [1.807, 2.05) is 12.4 Å². The van der Waals surface area contributed by atoms with Gasteiger partial charge in [0.2, 0.25) is 0 Å². The maximum Gasteiger partial charge on any atom is 0.0640 e. The second kappa shape index (κ2) is 5.78. The quantitative estimate of drug-likeness (QED) is 0.708. The summed E-state index contributed by atoms with van der Waals surface area (Å²) in [5, 5.41) is 16.2. The van der Waals surface area contributed by atoms with Crippen molar-refractivity contribution in [3.8, 4) is 0 Å². The van der Waals surface area contributed by atoms with Gasteiger partial charge in [-0.1, -0.05) is 6.92 Å². The van der Waals surface area contributed by atoms with Gasteiger partial charge in [0, 0.05) is 24.3 Å². The largest absolute Gasteiger partial charge is 0.394 e. The topological polar surface area (TPSA) is 50.1 Å². The molecule has 1 atom stereocenters. The van der Waals surface area contributed by atoms with Crippen LogP contribution in [0.5, 0.6) is 0 Å². The Morgan fingerprint density at radius 3 is 3.07 bits per heavy atom. The van der Waals surface area contributed by atoms with Crippen LogP contribution >= 0.6 is 0 Å². The number of aliphatic hydroxyl groups is 1. The number of hydrogen-bond acceptors (Lipinski definition) is 3.